The van der Waals surface area contributed by atoms with Crippen LogP contribution < -0.4 is 5.32 Å². The topological polar surface area (TPSA) is 97.6 Å². The molecule has 1 aliphatic rings. The molecular formula is C13H18N4O4. The Hall–Kier alpha value is -2.22. The van der Waals surface area contributed by atoms with Crippen LogP contribution >= 0.6 is 0 Å². The van der Waals surface area contributed by atoms with Gasteiger partial charge in [0.05, 0.1) is 18.1 Å². The maximum Gasteiger partial charge on any atom is 0.311 e. The second-order valence-corrected chi connectivity index (χ2v) is 4.94. The van der Waals surface area contributed by atoms with Crippen LogP contribution in [0.25, 0.3) is 0 Å². The lowest BCUT2D eigenvalue weighted by molar-refractivity contribution is -0.384. The van der Waals surface area contributed by atoms with E-state index in [0.29, 0.717) is 31.9 Å². The van der Waals surface area contributed by atoms with Crippen molar-refractivity contribution in [2.24, 2.45) is 0 Å². The Balaban J connectivity index is 2.10. The molecule has 21 heavy (non-hydrogen) atoms. The van der Waals surface area contributed by atoms with Crippen molar-refractivity contribution in [1.29, 1.82) is 0 Å². The van der Waals surface area contributed by atoms with Gasteiger partial charge in [-0.3, -0.25) is 14.9 Å². The fourth-order valence-electron chi connectivity index (χ4n) is 2.13. The highest BCUT2D eigenvalue weighted by molar-refractivity contribution is 5.84. The minimum atomic E-state index is -0.586. The van der Waals surface area contributed by atoms with Crippen LogP contribution in [0.1, 0.15) is 12.5 Å². The molecule has 0 radical (unpaired) electrons. The quantitative estimate of drug-likeness (QED) is 0.656. The third kappa shape index (κ3) is 3.66. The van der Waals surface area contributed by atoms with Gasteiger partial charge in [0, 0.05) is 25.4 Å². The van der Waals surface area contributed by atoms with Gasteiger partial charge in [0.25, 0.3) is 0 Å². The number of hydrogen-bond acceptors (Lipinski definition) is 6. The smallest absolute Gasteiger partial charge is 0.311 e. The van der Waals surface area contributed by atoms with Gasteiger partial charge < -0.3 is 15.0 Å². The Morgan fingerprint density at radius 3 is 2.81 bits per heavy atom. The number of anilines is 1. The molecule has 2 heterocycles. The molecule has 0 aliphatic carbocycles. The van der Waals surface area contributed by atoms with Crippen molar-refractivity contribution < 1.29 is 14.5 Å². The SMILES string of the molecule is Cc1cnc(NC(C)C(=O)N2CCOCC2)c([N+](=O)[O-])c1. The van der Waals surface area contributed by atoms with Gasteiger partial charge in [-0.05, 0) is 19.4 Å². The molecule has 0 saturated carbocycles. The Morgan fingerprint density at radius 1 is 1.52 bits per heavy atom. The Morgan fingerprint density at radius 2 is 2.19 bits per heavy atom. The summed E-state index contributed by atoms with van der Waals surface area (Å²) in [4.78, 5) is 28.5. The highest BCUT2D eigenvalue weighted by Gasteiger charge is 2.25. The van der Waals surface area contributed by atoms with Gasteiger partial charge in [0.1, 0.15) is 6.04 Å². The molecule has 8 nitrogen and oxygen atoms in total. The number of carbonyl (C=O) groups is 1. The molecule has 1 fully saturated rings. The van der Waals surface area contributed by atoms with Crippen molar-refractivity contribution in [3.8, 4) is 0 Å². The van der Waals surface area contributed by atoms with Crippen LogP contribution in [0, 0.1) is 17.0 Å². The van der Waals surface area contributed by atoms with Crippen molar-refractivity contribution in [2.75, 3.05) is 31.6 Å². The molecular weight excluding hydrogens is 276 g/mol. The normalized spacial score (nSPS) is 16.4. The van der Waals surface area contributed by atoms with E-state index in [1.54, 1.807) is 18.7 Å². The average Bonchev–Trinajstić information content (AvgIpc) is 2.49. The number of carbonyl (C=O) groups excluding carboxylic acids is 1. The molecule has 1 saturated heterocycles. The van der Waals surface area contributed by atoms with Crippen molar-refractivity contribution in [3.05, 3.63) is 27.9 Å². The van der Waals surface area contributed by atoms with Crippen molar-refractivity contribution in [1.82, 2.24) is 9.88 Å². The zero-order valence-corrected chi connectivity index (χ0v) is 12.0. The standard InChI is InChI=1S/C13H18N4O4/c1-9-7-11(17(19)20)12(14-8-9)15-10(2)13(18)16-3-5-21-6-4-16/h7-8,10H,3-6H2,1-2H3,(H,14,15). The van der Waals surface area contributed by atoms with E-state index in [1.807, 2.05) is 0 Å². The maximum atomic E-state index is 12.3. The molecule has 0 bridgehead atoms. The molecule has 8 heteroatoms. The maximum absolute atomic E-state index is 12.3. The van der Waals surface area contributed by atoms with Crippen LogP contribution in [0.4, 0.5) is 11.5 Å². The molecule has 2 rings (SSSR count). The average molecular weight is 294 g/mol. The molecule has 1 aliphatic heterocycles. The number of ether oxygens (including phenoxy) is 1. The first-order valence-corrected chi connectivity index (χ1v) is 6.73. The molecule has 114 valence electrons. The summed E-state index contributed by atoms with van der Waals surface area (Å²) in [6.07, 6.45) is 1.53. The van der Waals surface area contributed by atoms with E-state index in [9.17, 15) is 14.9 Å². The fraction of sp³-hybridized carbons (Fsp3) is 0.538. The van der Waals surface area contributed by atoms with Gasteiger partial charge in [-0.2, -0.15) is 0 Å². The van der Waals surface area contributed by atoms with Crippen LogP contribution in [-0.2, 0) is 9.53 Å². The largest absolute Gasteiger partial charge is 0.378 e. The summed E-state index contributed by atoms with van der Waals surface area (Å²) in [7, 11) is 0. The van der Waals surface area contributed by atoms with Crippen molar-refractivity contribution >= 4 is 17.4 Å². The first-order valence-electron chi connectivity index (χ1n) is 6.73. The summed E-state index contributed by atoms with van der Waals surface area (Å²) in [5.74, 6) is -0.00492. The molecule has 1 aromatic rings. The Bertz CT molecular complexity index is 543. The van der Waals surface area contributed by atoms with E-state index in [0.717, 1.165) is 0 Å². The van der Waals surface area contributed by atoms with Gasteiger partial charge >= 0.3 is 5.69 Å². The summed E-state index contributed by atoms with van der Waals surface area (Å²) in [5.41, 5.74) is 0.566. The molecule has 1 aromatic heterocycles. The third-order valence-corrected chi connectivity index (χ3v) is 3.25. The number of amides is 1. The number of aromatic nitrogens is 1. The first-order chi connectivity index (χ1) is 9.99. The van der Waals surface area contributed by atoms with Crippen LogP contribution in [0.15, 0.2) is 12.3 Å². The van der Waals surface area contributed by atoms with Gasteiger partial charge in [-0.25, -0.2) is 4.98 Å². The summed E-state index contributed by atoms with van der Waals surface area (Å²) in [5, 5.41) is 13.9. The first kappa shape index (κ1) is 15.2. The number of nitro groups is 1. The zero-order chi connectivity index (χ0) is 15.4. The summed E-state index contributed by atoms with van der Waals surface area (Å²) < 4.78 is 5.20. The predicted molar refractivity (Wildman–Crippen MR) is 76.1 cm³/mol. The van der Waals surface area contributed by atoms with E-state index in [1.165, 1.54) is 12.3 Å². The lowest BCUT2D eigenvalue weighted by Crippen LogP contribution is -2.47. The molecule has 1 atom stereocenters. The highest BCUT2D eigenvalue weighted by Crippen LogP contribution is 2.23. The lowest BCUT2D eigenvalue weighted by Gasteiger charge is -2.29. The molecule has 0 aromatic carbocycles. The van der Waals surface area contributed by atoms with Crippen LogP contribution in [0.5, 0.6) is 0 Å². The van der Waals surface area contributed by atoms with Crippen LogP contribution in [0.2, 0.25) is 0 Å². The summed E-state index contributed by atoms with van der Waals surface area (Å²) >= 11 is 0. The van der Waals surface area contributed by atoms with E-state index >= 15 is 0 Å². The van der Waals surface area contributed by atoms with Crippen molar-refractivity contribution in [2.45, 2.75) is 19.9 Å². The molecule has 1 N–H and O–H groups in total. The molecule has 1 amide bonds. The third-order valence-electron chi connectivity index (χ3n) is 3.25. The summed E-state index contributed by atoms with van der Waals surface area (Å²) in [6.45, 7) is 5.50. The molecule has 0 spiro atoms. The number of pyridine rings is 1. The van der Waals surface area contributed by atoms with Gasteiger partial charge in [0.15, 0.2) is 0 Å². The number of hydrogen-bond donors (Lipinski definition) is 1. The van der Waals surface area contributed by atoms with E-state index in [-0.39, 0.29) is 17.4 Å². The zero-order valence-electron chi connectivity index (χ0n) is 12.0. The van der Waals surface area contributed by atoms with E-state index in [4.69, 9.17) is 4.74 Å². The highest BCUT2D eigenvalue weighted by atomic mass is 16.6. The summed E-state index contributed by atoms with van der Waals surface area (Å²) in [6, 6.07) is 0.846. The van der Waals surface area contributed by atoms with Crippen LogP contribution in [0.3, 0.4) is 0 Å². The van der Waals surface area contributed by atoms with Gasteiger partial charge in [-0.15, -0.1) is 0 Å². The second kappa shape index (κ2) is 6.49. The van der Waals surface area contributed by atoms with Crippen molar-refractivity contribution in [3.63, 3.8) is 0 Å². The number of aryl methyl sites for hydroxylation is 1. The number of nitrogens with one attached hydrogen (secondary N) is 1. The van der Waals surface area contributed by atoms with Gasteiger partial charge in [-0.1, -0.05) is 0 Å². The van der Waals surface area contributed by atoms with E-state index in [2.05, 4.69) is 10.3 Å². The Labute approximate surface area is 122 Å². The predicted octanol–water partition coefficient (Wildman–Crippen LogP) is 0.957. The van der Waals surface area contributed by atoms with Gasteiger partial charge in [0.2, 0.25) is 11.7 Å². The minimum Gasteiger partial charge on any atom is -0.378 e. The lowest BCUT2D eigenvalue weighted by atomic mass is 10.2. The number of morpholine rings is 1. The fourth-order valence-corrected chi connectivity index (χ4v) is 2.13. The van der Waals surface area contributed by atoms with Crippen LogP contribution in [-0.4, -0.2) is 53.1 Å². The molecule has 1 unspecified atom stereocenters. The monoisotopic (exact) mass is 294 g/mol. The Kier molecular flexibility index (Phi) is 4.69. The number of rotatable bonds is 4. The number of nitrogens with zero attached hydrogens (tertiary/aromatic N) is 3. The second-order valence-electron chi connectivity index (χ2n) is 4.94. The minimum absolute atomic E-state index is 0.111. The van der Waals surface area contributed by atoms with E-state index < -0.39 is 11.0 Å².